The zero-order valence-electron chi connectivity index (χ0n) is 11.0. The molecule has 2 aromatic rings. The predicted octanol–water partition coefficient (Wildman–Crippen LogP) is 1.74. The van der Waals surface area contributed by atoms with Crippen molar-refractivity contribution in [3.63, 3.8) is 0 Å². The third kappa shape index (κ3) is 1.76. The molecular weight excluding hydrogens is 288 g/mol. The topological polar surface area (TPSA) is 80.9 Å². The zero-order chi connectivity index (χ0) is 14.7. The molecule has 4 N–H and O–H groups in total. The minimum absolute atomic E-state index is 0.692. The van der Waals surface area contributed by atoms with E-state index in [9.17, 15) is 20.4 Å². The Morgan fingerprint density at radius 3 is 2.24 bits per heavy atom. The molecule has 0 saturated heterocycles. The lowest BCUT2D eigenvalue weighted by atomic mass is 9.89. The lowest BCUT2D eigenvalue weighted by Crippen LogP contribution is -2.20. The molecule has 0 radical (unpaired) electrons. The first-order valence-corrected chi connectivity index (χ1v) is 7.57. The van der Waals surface area contributed by atoms with Crippen LogP contribution in [0.4, 0.5) is 0 Å². The summed E-state index contributed by atoms with van der Waals surface area (Å²) in [7, 11) is 0. The first-order chi connectivity index (χ1) is 10.1. The van der Waals surface area contributed by atoms with Crippen molar-refractivity contribution in [2.75, 3.05) is 0 Å². The monoisotopic (exact) mass is 302 g/mol. The van der Waals surface area contributed by atoms with Crippen molar-refractivity contribution in [2.24, 2.45) is 0 Å². The molecule has 4 atom stereocenters. The molecule has 0 fully saturated rings. The molecule has 0 unspecified atom stereocenters. The summed E-state index contributed by atoms with van der Waals surface area (Å²) in [5.74, 6) is 0. The van der Waals surface area contributed by atoms with E-state index in [2.05, 4.69) is 0 Å². The van der Waals surface area contributed by atoms with Gasteiger partial charge in [0.1, 0.15) is 24.4 Å². The van der Waals surface area contributed by atoms with Crippen molar-refractivity contribution in [3.05, 3.63) is 45.9 Å². The van der Waals surface area contributed by atoms with Crippen LogP contribution >= 0.6 is 11.3 Å². The van der Waals surface area contributed by atoms with E-state index in [-0.39, 0.29) is 0 Å². The maximum absolute atomic E-state index is 10.3. The SMILES string of the molecule is O[C@@H]1c2c(sc3c4c(ccc23)C=C[C@H](O)[C@@H]4O)C=C[C@@H]1O. The van der Waals surface area contributed by atoms with Crippen LogP contribution in [0.15, 0.2) is 24.3 Å². The number of aliphatic hydroxyl groups is 4. The number of aliphatic hydroxyl groups excluding tert-OH is 4. The van der Waals surface area contributed by atoms with Crippen LogP contribution in [0.2, 0.25) is 0 Å². The Balaban J connectivity index is 2.04. The molecule has 1 aromatic heterocycles. The van der Waals surface area contributed by atoms with Crippen molar-refractivity contribution < 1.29 is 20.4 Å². The van der Waals surface area contributed by atoms with E-state index in [0.717, 1.165) is 20.5 Å². The van der Waals surface area contributed by atoms with Crippen LogP contribution < -0.4 is 0 Å². The minimum Gasteiger partial charge on any atom is -0.386 e. The van der Waals surface area contributed by atoms with Crippen LogP contribution in [0.1, 0.15) is 33.8 Å². The molecular formula is C16H14O4S. The summed E-state index contributed by atoms with van der Waals surface area (Å²) in [5, 5.41) is 41.0. The third-order valence-corrected chi connectivity index (χ3v) is 5.37. The second kappa shape index (κ2) is 4.50. The molecule has 108 valence electrons. The Bertz CT molecular complexity index is 789. The molecule has 21 heavy (non-hydrogen) atoms. The van der Waals surface area contributed by atoms with Crippen LogP contribution in [0.3, 0.4) is 0 Å². The second-order valence-electron chi connectivity index (χ2n) is 5.41. The summed E-state index contributed by atoms with van der Waals surface area (Å²) in [6, 6.07) is 3.76. The molecule has 0 bridgehead atoms. The molecule has 2 aliphatic carbocycles. The van der Waals surface area contributed by atoms with Crippen LogP contribution in [-0.4, -0.2) is 32.6 Å². The maximum Gasteiger partial charge on any atom is 0.110 e. The van der Waals surface area contributed by atoms with E-state index >= 15 is 0 Å². The Labute approximate surface area is 124 Å². The van der Waals surface area contributed by atoms with Gasteiger partial charge in [0, 0.05) is 20.7 Å². The smallest absolute Gasteiger partial charge is 0.110 e. The molecule has 0 amide bonds. The molecule has 4 nitrogen and oxygen atoms in total. The average molecular weight is 302 g/mol. The highest BCUT2D eigenvalue weighted by Crippen LogP contribution is 2.45. The number of benzene rings is 1. The number of hydrogen-bond acceptors (Lipinski definition) is 5. The maximum atomic E-state index is 10.3. The lowest BCUT2D eigenvalue weighted by molar-refractivity contribution is 0.0476. The lowest BCUT2D eigenvalue weighted by Gasteiger charge is -2.23. The molecule has 2 aliphatic rings. The fourth-order valence-corrected chi connectivity index (χ4v) is 4.40. The highest BCUT2D eigenvalue weighted by atomic mass is 32.1. The van der Waals surface area contributed by atoms with Crippen molar-refractivity contribution in [1.29, 1.82) is 0 Å². The second-order valence-corrected chi connectivity index (χ2v) is 6.47. The van der Waals surface area contributed by atoms with Crippen LogP contribution in [0.25, 0.3) is 22.2 Å². The van der Waals surface area contributed by atoms with E-state index < -0.39 is 24.4 Å². The fraction of sp³-hybridized carbons (Fsp3) is 0.250. The standard InChI is InChI=1S/C16H14O4S/c17-9-4-2-7-1-3-8-13-11(6-5-10(18)15(13)20)21-16(8)12(7)14(9)19/h1-6,9-10,14-15,17-20H/t9-,10-,14-,15-/m0/s1. The molecule has 1 aromatic carbocycles. The van der Waals surface area contributed by atoms with Crippen molar-refractivity contribution in [3.8, 4) is 0 Å². The first-order valence-electron chi connectivity index (χ1n) is 6.76. The summed E-state index contributed by atoms with van der Waals surface area (Å²) in [4.78, 5) is 0.882. The van der Waals surface area contributed by atoms with Gasteiger partial charge in [0.2, 0.25) is 0 Å². The molecule has 0 spiro atoms. The molecule has 0 saturated carbocycles. The molecule has 0 aliphatic heterocycles. The van der Waals surface area contributed by atoms with Gasteiger partial charge in [-0.15, -0.1) is 11.3 Å². The minimum atomic E-state index is -0.972. The number of rotatable bonds is 0. The highest BCUT2D eigenvalue weighted by molar-refractivity contribution is 7.20. The molecule has 1 heterocycles. The van der Waals surface area contributed by atoms with Crippen LogP contribution in [0, 0.1) is 0 Å². The fourth-order valence-electron chi connectivity index (χ4n) is 3.05. The van der Waals surface area contributed by atoms with Crippen molar-refractivity contribution >= 4 is 33.6 Å². The van der Waals surface area contributed by atoms with Gasteiger partial charge in [-0.1, -0.05) is 30.4 Å². The van der Waals surface area contributed by atoms with Crippen molar-refractivity contribution in [1.82, 2.24) is 0 Å². The van der Waals surface area contributed by atoms with Gasteiger partial charge < -0.3 is 20.4 Å². The van der Waals surface area contributed by atoms with Gasteiger partial charge in [-0.2, -0.15) is 0 Å². The van der Waals surface area contributed by atoms with Gasteiger partial charge in [-0.25, -0.2) is 0 Å². The van der Waals surface area contributed by atoms with Gasteiger partial charge in [-0.05, 0) is 17.0 Å². The summed E-state index contributed by atoms with van der Waals surface area (Å²) in [5.41, 5.74) is 2.26. The number of fused-ring (bicyclic) bond motifs is 5. The Morgan fingerprint density at radius 1 is 0.810 bits per heavy atom. The third-order valence-electron chi connectivity index (χ3n) is 4.15. The Morgan fingerprint density at radius 2 is 1.48 bits per heavy atom. The van der Waals surface area contributed by atoms with Crippen LogP contribution in [-0.2, 0) is 0 Å². The normalized spacial score (nSPS) is 30.5. The van der Waals surface area contributed by atoms with Gasteiger partial charge >= 0.3 is 0 Å². The first kappa shape index (κ1) is 13.2. The van der Waals surface area contributed by atoms with E-state index in [0.29, 0.717) is 11.1 Å². The van der Waals surface area contributed by atoms with E-state index in [1.807, 2.05) is 12.1 Å². The summed E-state index contributed by atoms with van der Waals surface area (Å²) < 4.78 is 0.853. The van der Waals surface area contributed by atoms with Gasteiger partial charge in [0.15, 0.2) is 0 Å². The van der Waals surface area contributed by atoms with Crippen LogP contribution in [0.5, 0.6) is 0 Å². The van der Waals surface area contributed by atoms with Crippen molar-refractivity contribution in [2.45, 2.75) is 24.4 Å². The predicted molar refractivity (Wildman–Crippen MR) is 81.8 cm³/mol. The number of thiophene rings is 1. The highest BCUT2D eigenvalue weighted by Gasteiger charge is 2.31. The summed E-state index contributed by atoms with van der Waals surface area (Å²) >= 11 is 1.46. The van der Waals surface area contributed by atoms with E-state index in [1.54, 1.807) is 24.3 Å². The van der Waals surface area contributed by atoms with E-state index in [1.165, 1.54) is 11.3 Å². The van der Waals surface area contributed by atoms with E-state index in [4.69, 9.17) is 0 Å². The van der Waals surface area contributed by atoms with Gasteiger partial charge in [0.25, 0.3) is 0 Å². The summed E-state index contributed by atoms with van der Waals surface area (Å²) in [6.45, 7) is 0. The summed E-state index contributed by atoms with van der Waals surface area (Å²) in [6.07, 6.45) is 2.97. The molecule has 5 heteroatoms. The largest absolute Gasteiger partial charge is 0.386 e. The quantitative estimate of drug-likeness (QED) is 0.597. The zero-order valence-corrected chi connectivity index (χ0v) is 11.8. The Kier molecular flexibility index (Phi) is 2.82. The van der Waals surface area contributed by atoms with Gasteiger partial charge in [-0.3, -0.25) is 0 Å². The Hall–Kier alpha value is -1.50. The molecule has 4 rings (SSSR count). The van der Waals surface area contributed by atoms with Gasteiger partial charge in [0.05, 0.1) is 0 Å². The number of hydrogen-bond donors (Lipinski definition) is 4. The average Bonchev–Trinajstić information content (AvgIpc) is 2.85.